The van der Waals surface area contributed by atoms with E-state index in [4.69, 9.17) is 18.9 Å². The van der Waals surface area contributed by atoms with Gasteiger partial charge in [0.15, 0.2) is 8.32 Å². The highest BCUT2D eigenvalue weighted by molar-refractivity contribution is 7.70. The third kappa shape index (κ3) is 7.30. The van der Waals surface area contributed by atoms with Crippen molar-refractivity contribution >= 4 is 38.1 Å². The summed E-state index contributed by atoms with van der Waals surface area (Å²) in [6, 6.07) is 13.6. The van der Waals surface area contributed by atoms with E-state index in [0.717, 1.165) is 16.8 Å². The van der Waals surface area contributed by atoms with E-state index in [0.29, 0.717) is 60.3 Å². The fourth-order valence-corrected chi connectivity index (χ4v) is 6.61. The second-order valence-corrected chi connectivity index (χ2v) is 21.3. The summed E-state index contributed by atoms with van der Waals surface area (Å²) in [6.45, 7) is 18.9. The number of nitrogens with one attached hydrogen (secondary N) is 2. The maximum absolute atomic E-state index is 12.8. The number of benzene rings is 2. The van der Waals surface area contributed by atoms with Crippen LogP contribution in [-0.2, 0) is 19.1 Å². The Morgan fingerprint density at radius 1 is 1.16 bits per heavy atom. The molecule has 9 nitrogen and oxygen atoms in total. The first-order chi connectivity index (χ1) is 20.1. The molecule has 43 heavy (non-hydrogen) atoms. The van der Waals surface area contributed by atoms with Gasteiger partial charge in [-0.25, -0.2) is 9.97 Å². The molecule has 4 rings (SSSR count). The van der Waals surface area contributed by atoms with Crippen LogP contribution in [0, 0.1) is 11.3 Å². The molecule has 2 heterocycles. The summed E-state index contributed by atoms with van der Waals surface area (Å²) in [4.78, 5) is 9.26. The summed E-state index contributed by atoms with van der Waals surface area (Å²) in [7, 11) is -2.88. The number of nitrogens with zero attached hydrogens (tertiary/aromatic N) is 3. The van der Waals surface area contributed by atoms with Crippen LogP contribution in [0.25, 0.3) is 11.3 Å². The minimum absolute atomic E-state index is 0.0988. The van der Waals surface area contributed by atoms with E-state index in [1.807, 2.05) is 24.3 Å². The number of hydrogen-bond donors (Lipinski definition) is 2. The van der Waals surface area contributed by atoms with Gasteiger partial charge in [-0.2, -0.15) is 5.26 Å². The average Bonchev–Trinajstić information content (AvgIpc) is 3.28. The predicted octanol–water partition coefficient (Wildman–Crippen LogP) is 6.74. The summed E-state index contributed by atoms with van der Waals surface area (Å²) in [5.41, 5.74) is 4.28. The highest BCUT2D eigenvalue weighted by Gasteiger charge is 2.42. The van der Waals surface area contributed by atoms with Gasteiger partial charge in [0, 0.05) is 42.7 Å². The molecule has 230 valence electrons. The topological polar surface area (TPSA) is 118 Å². The van der Waals surface area contributed by atoms with E-state index in [-0.39, 0.29) is 10.5 Å². The number of rotatable bonds is 11. The van der Waals surface area contributed by atoms with Gasteiger partial charge in [-0.15, -0.1) is 0 Å². The van der Waals surface area contributed by atoms with Crippen molar-refractivity contribution in [3.63, 3.8) is 0 Å². The minimum atomic E-state index is -2.52. The molecule has 1 aliphatic heterocycles. The summed E-state index contributed by atoms with van der Waals surface area (Å²) < 4.78 is 30.5. The minimum Gasteiger partial charge on any atom is -0.489 e. The molecule has 1 aliphatic rings. The van der Waals surface area contributed by atoms with E-state index >= 15 is 0 Å². The molecule has 0 saturated carbocycles. The van der Waals surface area contributed by atoms with Crippen molar-refractivity contribution < 1.29 is 18.5 Å². The van der Waals surface area contributed by atoms with Crippen molar-refractivity contribution in [3.8, 4) is 23.1 Å². The third-order valence-electron chi connectivity index (χ3n) is 8.45. The standard InChI is InChI=1S/C32H44N5O4PSi/c1-31(2,3)43(8,9)41-21-32(4)20-35-29-23(19-33)16-22(17-25(29)32)26-12-13-34-30(36-26)37-27-18-24(42(6,7)38)10-11-28(27)40-15-14-39-5/h10-13,16-18,35H,14-15,20-21H2,1-9H3,(H,34,36,37)/t32-/m1/s1. The largest absolute Gasteiger partial charge is 0.489 e. The number of aromatic nitrogens is 2. The van der Waals surface area contributed by atoms with E-state index < -0.39 is 15.5 Å². The lowest BCUT2D eigenvalue weighted by Crippen LogP contribution is -2.45. The van der Waals surface area contributed by atoms with Crippen LogP contribution in [0.5, 0.6) is 5.75 Å². The zero-order chi connectivity index (χ0) is 31.6. The Bertz CT molecular complexity index is 1580. The third-order valence-corrected chi connectivity index (χ3v) is 14.5. The molecular weight excluding hydrogens is 577 g/mol. The van der Waals surface area contributed by atoms with E-state index in [1.165, 1.54) is 0 Å². The zero-order valence-electron chi connectivity index (χ0n) is 26.8. The van der Waals surface area contributed by atoms with Crippen LogP contribution in [0.3, 0.4) is 0 Å². The van der Waals surface area contributed by atoms with E-state index in [9.17, 15) is 9.83 Å². The van der Waals surface area contributed by atoms with Gasteiger partial charge in [0.25, 0.3) is 0 Å². The van der Waals surface area contributed by atoms with Crippen molar-refractivity contribution in [2.75, 3.05) is 57.4 Å². The number of nitriles is 1. The van der Waals surface area contributed by atoms with Crippen LogP contribution in [-0.4, -0.2) is 65.1 Å². The van der Waals surface area contributed by atoms with Gasteiger partial charge in [-0.3, -0.25) is 0 Å². The Labute approximate surface area is 256 Å². The van der Waals surface area contributed by atoms with Crippen molar-refractivity contribution in [3.05, 3.63) is 53.7 Å². The molecular formula is C32H44N5O4PSi. The van der Waals surface area contributed by atoms with Crippen molar-refractivity contribution in [2.24, 2.45) is 0 Å². The number of ether oxygens (including phenoxy) is 2. The monoisotopic (exact) mass is 621 g/mol. The number of anilines is 3. The van der Waals surface area contributed by atoms with Gasteiger partial charge in [-0.05, 0) is 73.4 Å². The first-order valence-electron chi connectivity index (χ1n) is 14.5. The smallest absolute Gasteiger partial charge is 0.227 e. The van der Waals surface area contributed by atoms with Crippen LogP contribution in [0.15, 0.2) is 42.6 Å². The van der Waals surface area contributed by atoms with Crippen molar-refractivity contribution in [1.82, 2.24) is 9.97 Å². The van der Waals surface area contributed by atoms with Crippen LogP contribution in [0.1, 0.15) is 38.8 Å². The molecule has 0 amide bonds. The first kappa shape index (κ1) is 32.7. The van der Waals surface area contributed by atoms with Crippen LogP contribution in [0.4, 0.5) is 17.3 Å². The summed E-state index contributed by atoms with van der Waals surface area (Å²) >= 11 is 0. The highest BCUT2D eigenvalue weighted by atomic mass is 31.2. The summed E-state index contributed by atoms with van der Waals surface area (Å²) in [5, 5.41) is 17.6. The van der Waals surface area contributed by atoms with Gasteiger partial charge in [0.2, 0.25) is 5.95 Å². The second kappa shape index (κ2) is 12.4. The molecule has 0 bridgehead atoms. The van der Waals surface area contributed by atoms with Crippen LogP contribution < -0.4 is 20.7 Å². The number of fused-ring (bicyclic) bond motifs is 1. The fraction of sp³-hybridized carbons (Fsp3) is 0.469. The Kier molecular flexibility index (Phi) is 9.43. The SMILES string of the molecule is COCCOc1ccc(P(C)(C)=O)cc1Nc1nccc(-c2cc(C#N)c3c(c2)[C@@](C)(CO[Si](C)(C)C(C)(C)C)CN3)n1. The van der Waals surface area contributed by atoms with Crippen LogP contribution in [0.2, 0.25) is 18.1 Å². The summed E-state index contributed by atoms with van der Waals surface area (Å²) in [5.74, 6) is 0.936. The van der Waals surface area contributed by atoms with Gasteiger partial charge in [0.1, 0.15) is 25.6 Å². The maximum Gasteiger partial charge on any atom is 0.227 e. The lowest BCUT2D eigenvalue weighted by atomic mass is 9.83. The molecule has 1 atom stereocenters. The lowest BCUT2D eigenvalue weighted by Gasteiger charge is -2.39. The molecule has 0 aliphatic carbocycles. The molecule has 0 radical (unpaired) electrons. The molecule has 11 heteroatoms. The van der Waals surface area contributed by atoms with Crippen LogP contribution >= 0.6 is 7.14 Å². The highest BCUT2D eigenvalue weighted by Crippen LogP contribution is 2.44. The van der Waals surface area contributed by atoms with Gasteiger partial charge < -0.3 is 29.1 Å². The normalized spacial score (nSPS) is 16.7. The summed E-state index contributed by atoms with van der Waals surface area (Å²) in [6.07, 6.45) is 1.68. The molecule has 3 aromatic rings. The molecule has 0 saturated heterocycles. The van der Waals surface area contributed by atoms with Crippen molar-refractivity contribution in [2.45, 2.75) is 51.2 Å². The molecule has 0 fully saturated rings. The maximum atomic E-state index is 12.8. The first-order valence-corrected chi connectivity index (χ1v) is 20.0. The van der Waals surface area contributed by atoms with Gasteiger partial charge in [-0.1, -0.05) is 27.7 Å². The Morgan fingerprint density at radius 2 is 1.91 bits per heavy atom. The van der Waals surface area contributed by atoms with E-state index in [2.05, 4.69) is 68.5 Å². The fourth-order valence-electron chi connectivity index (χ4n) is 4.62. The number of methoxy groups -OCH3 is 1. The molecule has 2 N–H and O–H groups in total. The number of hydrogen-bond acceptors (Lipinski definition) is 9. The predicted molar refractivity (Wildman–Crippen MR) is 177 cm³/mol. The zero-order valence-corrected chi connectivity index (χ0v) is 28.7. The molecule has 2 aromatic carbocycles. The van der Waals surface area contributed by atoms with Gasteiger partial charge >= 0.3 is 0 Å². The molecule has 1 aromatic heterocycles. The van der Waals surface area contributed by atoms with Gasteiger partial charge in [0.05, 0.1) is 29.2 Å². The average molecular weight is 622 g/mol. The van der Waals surface area contributed by atoms with E-state index in [1.54, 1.807) is 32.7 Å². The van der Waals surface area contributed by atoms with Crippen molar-refractivity contribution in [1.29, 1.82) is 5.26 Å². The Hall–Kier alpha value is -3.22. The second-order valence-electron chi connectivity index (χ2n) is 13.3. The Balaban J connectivity index is 1.68. The quantitative estimate of drug-likeness (QED) is 0.136. The Morgan fingerprint density at radius 3 is 2.56 bits per heavy atom. The lowest BCUT2D eigenvalue weighted by molar-refractivity contribution is 0.146. The molecule has 0 spiro atoms. The molecule has 0 unspecified atom stereocenters.